The predicted octanol–water partition coefficient (Wildman–Crippen LogP) is -3.72. The molecule has 0 saturated carbocycles. The van der Waals surface area contributed by atoms with E-state index in [-0.39, 0.29) is 12.8 Å². The van der Waals surface area contributed by atoms with Crippen LogP contribution in [0.5, 0.6) is 0 Å². The third-order valence-electron chi connectivity index (χ3n) is 3.74. The van der Waals surface area contributed by atoms with Gasteiger partial charge in [-0.15, -0.1) is 0 Å². The van der Waals surface area contributed by atoms with Gasteiger partial charge in [0.2, 0.25) is 29.5 Å². The maximum Gasteiger partial charge on any atom is 0.322 e. The molecule has 0 spiro atoms. The number of carbonyl (C=O) groups is 6. The van der Waals surface area contributed by atoms with Gasteiger partial charge in [-0.3, -0.25) is 28.8 Å². The highest BCUT2D eigenvalue weighted by Gasteiger charge is 2.30. The molecule has 0 aliphatic carbocycles. The molecule has 13 heteroatoms. The Morgan fingerprint density at radius 1 is 0.897 bits per heavy atom. The molecular weight excluding hydrogens is 388 g/mol. The number of carboxylic acids is 1. The van der Waals surface area contributed by atoms with Crippen molar-refractivity contribution in [2.45, 2.75) is 51.2 Å². The van der Waals surface area contributed by atoms with Gasteiger partial charge in [-0.05, 0) is 12.3 Å². The lowest BCUT2D eigenvalue weighted by Gasteiger charge is -2.25. The highest BCUT2D eigenvalue weighted by atomic mass is 16.4. The van der Waals surface area contributed by atoms with Crippen molar-refractivity contribution in [3.05, 3.63) is 0 Å². The molecule has 0 fully saturated rings. The van der Waals surface area contributed by atoms with Crippen LogP contribution in [-0.2, 0) is 28.8 Å². The summed E-state index contributed by atoms with van der Waals surface area (Å²) in [6, 6.07) is -3.64. The van der Waals surface area contributed by atoms with Crippen molar-refractivity contribution < 1.29 is 33.9 Å². The number of rotatable bonds is 13. The van der Waals surface area contributed by atoms with Gasteiger partial charge in [0, 0.05) is 6.42 Å². The predicted molar refractivity (Wildman–Crippen MR) is 99.6 cm³/mol. The fourth-order valence-electron chi connectivity index (χ4n) is 2.18. The van der Waals surface area contributed by atoms with Gasteiger partial charge in [0.15, 0.2) is 0 Å². The molecule has 0 aromatic heterocycles. The van der Waals surface area contributed by atoms with Crippen LogP contribution in [0, 0.1) is 5.92 Å². The molecule has 0 radical (unpaired) electrons. The van der Waals surface area contributed by atoms with E-state index in [0.29, 0.717) is 0 Å². The van der Waals surface area contributed by atoms with Crippen LogP contribution < -0.4 is 33.2 Å². The summed E-state index contributed by atoms with van der Waals surface area (Å²) >= 11 is 0. The van der Waals surface area contributed by atoms with Crippen molar-refractivity contribution in [2.75, 3.05) is 6.54 Å². The summed E-state index contributed by atoms with van der Waals surface area (Å²) in [6.07, 6.45) is -0.707. The van der Waals surface area contributed by atoms with Crippen LogP contribution in [0.3, 0.4) is 0 Å². The summed E-state index contributed by atoms with van der Waals surface area (Å²) in [4.78, 5) is 69.3. The quantitative estimate of drug-likeness (QED) is 0.157. The van der Waals surface area contributed by atoms with Crippen LogP contribution in [0.2, 0.25) is 0 Å². The number of nitrogens with one attached hydrogen (secondary N) is 3. The number of hydrogen-bond donors (Lipinski definition) is 7. The SMILES string of the molecule is CC(C)C(NC(=O)C(N)CCC(N)=O)C(=O)NC(CC(N)=O)C(=O)NCC(=O)O. The molecule has 29 heavy (non-hydrogen) atoms. The molecule has 0 aliphatic heterocycles. The first kappa shape index (κ1) is 25.8. The smallest absolute Gasteiger partial charge is 0.322 e. The van der Waals surface area contributed by atoms with Crippen LogP contribution in [-0.4, -0.2) is 65.3 Å². The molecule has 0 saturated heterocycles. The average molecular weight is 416 g/mol. The Morgan fingerprint density at radius 3 is 1.93 bits per heavy atom. The minimum atomic E-state index is -1.43. The maximum atomic E-state index is 12.6. The summed E-state index contributed by atoms with van der Waals surface area (Å²) in [5.74, 6) is -5.72. The molecule has 3 unspecified atom stereocenters. The summed E-state index contributed by atoms with van der Waals surface area (Å²) in [5.41, 5.74) is 15.7. The molecule has 3 atom stereocenters. The molecule has 0 heterocycles. The number of primary amides is 2. The Labute approximate surface area is 167 Å². The highest BCUT2D eigenvalue weighted by Crippen LogP contribution is 2.05. The van der Waals surface area contributed by atoms with E-state index in [9.17, 15) is 28.8 Å². The lowest BCUT2D eigenvalue weighted by molar-refractivity contribution is -0.139. The van der Waals surface area contributed by atoms with E-state index in [1.54, 1.807) is 13.8 Å². The molecule has 5 amide bonds. The fraction of sp³-hybridized carbons (Fsp3) is 0.625. The van der Waals surface area contributed by atoms with Gasteiger partial charge < -0.3 is 38.3 Å². The Hall–Kier alpha value is -3.22. The van der Waals surface area contributed by atoms with Crippen LogP contribution in [0.15, 0.2) is 0 Å². The van der Waals surface area contributed by atoms with Crippen LogP contribution in [0.4, 0.5) is 0 Å². The summed E-state index contributed by atoms with van der Waals surface area (Å²) in [5, 5.41) is 15.3. The second-order valence-electron chi connectivity index (χ2n) is 6.68. The van der Waals surface area contributed by atoms with E-state index in [1.165, 1.54) is 0 Å². The van der Waals surface area contributed by atoms with Crippen molar-refractivity contribution in [3.63, 3.8) is 0 Å². The molecule has 0 bridgehead atoms. The third kappa shape index (κ3) is 10.6. The number of nitrogens with two attached hydrogens (primary N) is 3. The molecule has 0 aromatic rings. The third-order valence-corrected chi connectivity index (χ3v) is 3.74. The van der Waals surface area contributed by atoms with Crippen molar-refractivity contribution in [1.82, 2.24) is 16.0 Å². The summed E-state index contributed by atoms with van der Waals surface area (Å²) in [6.45, 7) is 2.52. The molecule has 13 nitrogen and oxygen atoms in total. The average Bonchev–Trinajstić information content (AvgIpc) is 2.60. The van der Waals surface area contributed by atoms with Gasteiger partial charge in [0.25, 0.3) is 0 Å². The van der Waals surface area contributed by atoms with Gasteiger partial charge in [0.05, 0.1) is 12.5 Å². The lowest BCUT2D eigenvalue weighted by atomic mass is 10.0. The minimum absolute atomic E-state index is 0.0184. The van der Waals surface area contributed by atoms with Crippen molar-refractivity contribution in [3.8, 4) is 0 Å². The Balaban J connectivity index is 5.15. The van der Waals surface area contributed by atoms with E-state index in [4.69, 9.17) is 22.3 Å². The normalized spacial score (nSPS) is 13.7. The molecule has 0 rings (SSSR count). The van der Waals surface area contributed by atoms with Crippen LogP contribution in [0.1, 0.15) is 33.1 Å². The van der Waals surface area contributed by atoms with Gasteiger partial charge in [-0.25, -0.2) is 0 Å². The Kier molecular flexibility index (Phi) is 10.9. The highest BCUT2D eigenvalue weighted by molar-refractivity contribution is 5.95. The number of aliphatic carboxylic acids is 1. The van der Waals surface area contributed by atoms with E-state index in [1.807, 2.05) is 5.32 Å². The fourth-order valence-corrected chi connectivity index (χ4v) is 2.18. The second-order valence-corrected chi connectivity index (χ2v) is 6.68. The Morgan fingerprint density at radius 2 is 1.48 bits per heavy atom. The van der Waals surface area contributed by atoms with E-state index >= 15 is 0 Å². The molecular formula is C16H28N6O7. The van der Waals surface area contributed by atoms with Crippen molar-refractivity contribution >= 4 is 35.5 Å². The van der Waals surface area contributed by atoms with E-state index in [2.05, 4.69) is 10.6 Å². The number of carbonyl (C=O) groups excluding carboxylic acids is 5. The van der Waals surface area contributed by atoms with E-state index < -0.39 is 72.5 Å². The second kappa shape index (κ2) is 12.3. The first-order chi connectivity index (χ1) is 13.3. The molecule has 164 valence electrons. The zero-order chi connectivity index (χ0) is 22.7. The van der Waals surface area contributed by atoms with Crippen molar-refractivity contribution in [2.24, 2.45) is 23.1 Å². The maximum absolute atomic E-state index is 12.6. The Bertz CT molecular complexity index is 652. The number of carboxylic acid groups (broad SMARTS) is 1. The topological polar surface area (TPSA) is 237 Å². The zero-order valence-electron chi connectivity index (χ0n) is 16.3. The van der Waals surface area contributed by atoms with Gasteiger partial charge >= 0.3 is 5.97 Å². The van der Waals surface area contributed by atoms with Crippen LogP contribution >= 0.6 is 0 Å². The summed E-state index contributed by atoms with van der Waals surface area (Å²) in [7, 11) is 0. The van der Waals surface area contributed by atoms with Gasteiger partial charge in [-0.2, -0.15) is 0 Å². The molecule has 0 aromatic carbocycles. The minimum Gasteiger partial charge on any atom is -0.480 e. The van der Waals surface area contributed by atoms with E-state index in [0.717, 1.165) is 0 Å². The van der Waals surface area contributed by atoms with Gasteiger partial charge in [-0.1, -0.05) is 13.8 Å². The molecule has 0 aliphatic rings. The zero-order valence-corrected chi connectivity index (χ0v) is 16.3. The lowest BCUT2D eigenvalue weighted by Crippen LogP contribution is -2.58. The standard InChI is InChI=1S/C16H28N6O7/c1-7(2)13(22-14(27)8(17)3-4-10(18)23)16(29)21-9(5-11(19)24)15(28)20-6-12(25)26/h7-9,13H,3-6,17H2,1-2H3,(H2,18,23)(H2,19,24)(H,20,28)(H,21,29)(H,22,27)(H,25,26). The summed E-state index contributed by atoms with van der Waals surface area (Å²) < 4.78 is 0. The first-order valence-electron chi connectivity index (χ1n) is 8.77. The largest absolute Gasteiger partial charge is 0.480 e. The van der Waals surface area contributed by atoms with Gasteiger partial charge in [0.1, 0.15) is 18.6 Å². The molecule has 10 N–H and O–H groups in total. The monoisotopic (exact) mass is 416 g/mol. The first-order valence-corrected chi connectivity index (χ1v) is 8.77. The van der Waals surface area contributed by atoms with Crippen molar-refractivity contribution in [1.29, 1.82) is 0 Å². The number of hydrogen-bond acceptors (Lipinski definition) is 7. The number of amides is 5. The van der Waals surface area contributed by atoms with Crippen LogP contribution in [0.25, 0.3) is 0 Å².